The van der Waals surface area contributed by atoms with Crippen LogP contribution in [0.25, 0.3) is 5.57 Å². The molecule has 4 nitrogen and oxygen atoms in total. The van der Waals surface area contributed by atoms with Crippen LogP contribution in [0, 0.1) is 10.1 Å². The van der Waals surface area contributed by atoms with E-state index in [2.05, 4.69) is 6.20 Å². The van der Waals surface area contributed by atoms with Gasteiger partial charge >= 0.3 is 0 Å². The van der Waals surface area contributed by atoms with Crippen LogP contribution in [0.1, 0.15) is 17.5 Å². The molecule has 4 heteroatoms. The number of rotatable bonds is 2. The molecule has 84 valence electrons. The van der Waals surface area contributed by atoms with Crippen LogP contribution in [0.3, 0.4) is 0 Å². The average molecular weight is 218 g/mol. The molecule has 0 atom stereocenters. The van der Waals surface area contributed by atoms with Gasteiger partial charge in [-0.05, 0) is 35.6 Å². The van der Waals surface area contributed by atoms with Crippen LogP contribution in [0.15, 0.2) is 24.4 Å². The van der Waals surface area contributed by atoms with E-state index in [4.69, 9.17) is 0 Å². The Bertz CT molecular complexity index is 464. The molecule has 0 amide bonds. The highest BCUT2D eigenvalue weighted by atomic mass is 16.6. The van der Waals surface area contributed by atoms with Gasteiger partial charge in [0, 0.05) is 32.4 Å². The zero-order chi connectivity index (χ0) is 11.7. The second-order valence-corrected chi connectivity index (χ2v) is 4.22. The van der Waals surface area contributed by atoms with E-state index in [1.54, 1.807) is 12.1 Å². The van der Waals surface area contributed by atoms with Gasteiger partial charge in [0.15, 0.2) is 0 Å². The van der Waals surface area contributed by atoms with Crippen LogP contribution in [-0.4, -0.2) is 23.9 Å². The number of nitro benzene ring substituents is 1. The number of hydrogen-bond acceptors (Lipinski definition) is 3. The lowest BCUT2D eigenvalue weighted by molar-refractivity contribution is -0.384. The van der Waals surface area contributed by atoms with Crippen molar-refractivity contribution in [2.24, 2.45) is 0 Å². The van der Waals surface area contributed by atoms with Gasteiger partial charge in [-0.15, -0.1) is 0 Å². The van der Waals surface area contributed by atoms with E-state index in [0.29, 0.717) is 0 Å². The predicted octanol–water partition coefficient (Wildman–Crippen LogP) is 2.44. The Morgan fingerprint density at radius 1 is 1.38 bits per heavy atom. The molecule has 1 aliphatic carbocycles. The topological polar surface area (TPSA) is 46.4 Å². The third kappa shape index (κ3) is 1.91. The molecule has 0 fully saturated rings. The molecule has 1 aromatic rings. The Labute approximate surface area is 94.3 Å². The molecule has 0 radical (unpaired) electrons. The number of hydrogen-bond donors (Lipinski definition) is 0. The fourth-order valence-corrected chi connectivity index (χ4v) is 2.06. The second kappa shape index (κ2) is 3.96. The van der Waals surface area contributed by atoms with Crippen LogP contribution < -0.4 is 0 Å². The summed E-state index contributed by atoms with van der Waals surface area (Å²) in [5.41, 5.74) is 3.68. The van der Waals surface area contributed by atoms with E-state index in [-0.39, 0.29) is 10.6 Å². The number of nitro groups is 1. The minimum atomic E-state index is -0.339. The van der Waals surface area contributed by atoms with Crippen LogP contribution in [-0.2, 0) is 6.42 Å². The molecule has 0 aliphatic heterocycles. The fraction of sp³-hybridized carbons (Fsp3) is 0.333. The van der Waals surface area contributed by atoms with Crippen molar-refractivity contribution < 1.29 is 4.92 Å². The maximum absolute atomic E-state index is 10.6. The van der Waals surface area contributed by atoms with Crippen molar-refractivity contribution in [2.45, 2.75) is 12.8 Å². The molecule has 0 heterocycles. The van der Waals surface area contributed by atoms with E-state index in [9.17, 15) is 10.1 Å². The van der Waals surface area contributed by atoms with Crippen molar-refractivity contribution in [2.75, 3.05) is 14.1 Å². The number of aryl methyl sites for hydroxylation is 1. The minimum Gasteiger partial charge on any atom is -0.383 e. The van der Waals surface area contributed by atoms with E-state index in [1.165, 1.54) is 5.57 Å². The minimum absolute atomic E-state index is 0.185. The van der Waals surface area contributed by atoms with Crippen LogP contribution in [0.5, 0.6) is 0 Å². The van der Waals surface area contributed by atoms with Gasteiger partial charge < -0.3 is 4.90 Å². The lowest BCUT2D eigenvalue weighted by atomic mass is 10.1. The maximum atomic E-state index is 10.6. The summed E-state index contributed by atoms with van der Waals surface area (Å²) in [7, 11) is 3.97. The molecular weight excluding hydrogens is 204 g/mol. The Morgan fingerprint density at radius 3 is 2.75 bits per heavy atom. The van der Waals surface area contributed by atoms with E-state index in [0.717, 1.165) is 24.0 Å². The molecular formula is C12H14N2O2. The first-order chi connectivity index (χ1) is 7.58. The van der Waals surface area contributed by atoms with Gasteiger partial charge in [-0.1, -0.05) is 0 Å². The van der Waals surface area contributed by atoms with Crippen molar-refractivity contribution >= 4 is 11.3 Å². The molecule has 16 heavy (non-hydrogen) atoms. The van der Waals surface area contributed by atoms with Crippen LogP contribution in [0.2, 0.25) is 0 Å². The van der Waals surface area contributed by atoms with Gasteiger partial charge in [-0.2, -0.15) is 0 Å². The highest BCUT2D eigenvalue weighted by Gasteiger charge is 2.19. The van der Waals surface area contributed by atoms with Gasteiger partial charge in [-0.3, -0.25) is 10.1 Å². The summed E-state index contributed by atoms with van der Waals surface area (Å²) < 4.78 is 0. The summed E-state index contributed by atoms with van der Waals surface area (Å²) in [5, 5.41) is 10.6. The zero-order valence-corrected chi connectivity index (χ0v) is 9.43. The van der Waals surface area contributed by atoms with Crippen molar-refractivity contribution in [3.8, 4) is 0 Å². The summed E-state index contributed by atoms with van der Waals surface area (Å²) in [5.74, 6) is 0. The fourth-order valence-electron chi connectivity index (χ4n) is 2.06. The Kier molecular flexibility index (Phi) is 2.64. The van der Waals surface area contributed by atoms with E-state index >= 15 is 0 Å². The number of fused-ring (bicyclic) bond motifs is 1. The lowest BCUT2D eigenvalue weighted by Gasteiger charge is -2.07. The largest absolute Gasteiger partial charge is 0.383 e. The molecule has 0 unspecified atom stereocenters. The van der Waals surface area contributed by atoms with Gasteiger partial charge in [0.2, 0.25) is 0 Å². The maximum Gasteiger partial charge on any atom is 0.269 e. The smallest absolute Gasteiger partial charge is 0.269 e. The van der Waals surface area contributed by atoms with Crippen molar-refractivity contribution in [3.63, 3.8) is 0 Å². The van der Waals surface area contributed by atoms with E-state index < -0.39 is 0 Å². The molecule has 0 spiro atoms. The Morgan fingerprint density at radius 2 is 2.12 bits per heavy atom. The second-order valence-electron chi connectivity index (χ2n) is 4.22. The molecule has 2 rings (SSSR count). The summed E-state index contributed by atoms with van der Waals surface area (Å²) >= 11 is 0. The number of nitrogens with zero attached hydrogens (tertiary/aromatic N) is 2. The highest BCUT2D eigenvalue weighted by Crippen LogP contribution is 2.34. The summed E-state index contributed by atoms with van der Waals surface area (Å²) in [4.78, 5) is 12.3. The van der Waals surface area contributed by atoms with Crippen molar-refractivity contribution in [3.05, 3.63) is 45.6 Å². The van der Waals surface area contributed by atoms with Gasteiger partial charge in [-0.25, -0.2) is 0 Å². The van der Waals surface area contributed by atoms with Gasteiger partial charge in [0.05, 0.1) is 4.92 Å². The quantitative estimate of drug-likeness (QED) is 0.565. The van der Waals surface area contributed by atoms with Crippen molar-refractivity contribution in [1.82, 2.24) is 4.90 Å². The monoisotopic (exact) mass is 218 g/mol. The van der Waals surface area contributed by atoms with E-state index in [1.807, 2.05) is 25.1 Å². The van der Waals surface area contributed by atoms with Crippen molar-refractivity contribution in [1.29, 1.82) is 0 Å². The molecule has 0 aromatic heterocycles. The summed E-state index contributed by atoms with van der Waals surface area (Å²) in [6, 6.07) is 5.12. The number of benzene rings is 1. The molecule has 0 saturated carbocycles. The molecule has 0 saturated heterocycles. The normalized spacial score (nSPS) is 16.2. The molecule has 1 aromatic carbocycles. The number of allylic oxidation sites excluding steroid dienone is 1. The Hall–Kier alpha value is -1.84. The standard InChI is InChI=1S/C12H14N2O2/c1-13(2)8-10-4-3-9-7-11(14(15)16)5-6-12(9)10/h5-8H,3-4H2,1-2H3. The Balaban J connectivity index is 2.40. The first-order valence-electron chi connectivity index (χ1n) is 5.23. The summed E-state index contributed by atoms with van der Waals surface area (Å²) in [6.45, 7) is 0. The first-order valence-corrected chi connectivity index (χ1v) is 5.23. The predicted molar refractivity (Wildman–Crippen MR) is 63.1 cm³/mol. The average Bonchev–Trinajstić information content (AvgIpc) is 2.60. The number of non-ortho nitro benzene ring substituents is 1. The summed E-state index contributed by atoms with van der Waals surface area (Å²) in [6.07, 6.45) is 3.95. The zero-order valence-electron chi connectivity index (χ0n) is 9.43. The van der Waals surface area contributed by atoms with Crippen LogP contribution in [0.4, 0.5) is 5.69 Å². The highest BCUT2D eigenvalue weighted by molar-refractivity contribution is 5.73. The molecule has 1 aliphatic rings. The first kappa shape index (κ1) is 10.7. The molecule has 0 N–H and O–H groups in total. The van der Waals surface area contributed by atoms with Gasteiger partial charge in [0.1, 0.15) is 0 Å². The lowest BCUT2D eigenvalue weighted by Crippen LogP contribution is -2.01. The van der Waals surface area contributed by atoms with Gasteiger partial charge in [0.25, 0.3) is 5.69 Å². The third-order valence-electron chi connectivity index (χ3n) is 2.72. The third-order valence-corrected chi connectivity index (χ3v) is 2.72. The SMILES string of the molecule is CN(C)C=C1CCc2cc([N+](=O)[O-])ccc21. The van der Waals surface area contributed by atoms with Crippen LogP contribution >= 0.6 is 0 Å². The molecule has 0 bridgehead atoms.